The van der Waals surface area contributed by atoms with E-state index in [1.165, 1.54) is 128 Å². The number of unbranched alkanes of at least 4 members (excludes halogenated alkanes) is 24. The van der Waals surface area contributed by atoms with E-state index in [2.05, 4.69) is 74.7 Å². The van der Waals surface area contributed by atoms with Gasteiger partial charge in [-0.1, -0.05) is 217 Å². The number of hydrogen-bond donors (Lipinski definition) is 3. The van der Waals surface area contributed by atoms with Gasteiger partial charge in [0.15, 0.2) is 0 Å². The van der Waals surface area contributed by atoms with Gasteiger partial charge in [0, 0.05) is 6.42 Å². The van der Waals surface area contributed by atoms with Gasteiger partial charge >= 0.3 is 5.97 Å². The molecule has 0 spiro atoms. The molecule has 0 saturated heterocycles. The molecule has 6 nitrogen and oxygen atoms in total. The first-order valence-electron chi connectivity index (χ1n) is 24.9. The number of hydrogen-bond acceptors (Lipinski definition) is 5. The fraction of sp³-hybridized carbons (Fsp3) is 0.808. The number of esters is 1. The van der Waals surface area contributed by atoms with Crippen molar-refractivity contribution >= 4 is 11.9 Å². The summed E-state index contributed by atoms with van der Waals surface area (Å²) in [6.45, 7) is 6.43. The predicted molar refractivity (Wildman–Crippen MR) is 250 cm³/mol. The van der Waals surface area contributed by atoms with Gasteiger partial charge in [-0.05, 0) is 64.2 Å². The largest absolute Gasteiger partial charge is 0.462 e. The van der Waals surface area contributed by atoms with E-state index in [1.807, 2.05) is 0 Å². The Morgan fingerprint density at radius 3 is 1.33 bits per heavy atom. The van der Waals surface area contributed by atoms with Crippen molar-refractivity contribution in [3.8, 4) is 0 Å². The van der Waals surface area contributed by atoms with Crippen LogP contribution in [0, 0.1) is 0 Å². The zero-order valence-corrected chi connectivity index (χ0v) is 38.4. The van der Waals surface area contributed by atoms with Crippen LogP contribution in [0.25, 0.3) is 0 Å². The SMILES string of the molecule is CCCCC/C=C\C/C=C\C/C=C\C/C=C\CCCC(=O)OC(CCCCCCCCCCCCCC)CC(=O)NC(CO)C(O)CCCCCCCCCCCC. The quantitative estimate of drug-likeness (QED) is 0.0323. The molecular weight excluding hydrogens is 719 g/mol. The first-order valence-corrected chi connectivity index (χ1v) is 24.9. The minimum Gasteiger partial charge on any atom is -0.462 e. The number of amides is 1. The molecule has 0 bridgehead atoms. The van der Waals surface area contributed by atoms with Gasteiger partial charge in [0.2, 0.25) is 5.91 Å². The molecule has 1 amide bonds. The van der Waals surface area contributed by atoms with Crippen LogP contribution in [0.1, 0.15) is 245 Å². The monoisotopic (exact) mass is 814 g/mol. The molecule has 0 aliphatic carbocycles. The Labute approximate surface area is 359 Å². The molecular formula is C52H95NO5. The molecule has 0 aromatic heterocycles. The predicted octanol–water partition coefficient (Wildman–Crippen LogP) is 14.7. The lowest BCUT2D eigenvalue weighted by molar-refractivity contribution is -0.151. The second kappa shape index (κ2) is 45.9. The van der Waals surface area contributed by atoms with Gasteiger partial charge in [-0.2, -0.15) is 0 Å². The maximum absolute atomic E-state index is 13.2. The normalized spacial score (nSPS) is 13.7. The number of rotatable bonds is 44. The zero-order chi connectivity index (χ0) is 42.4. The number of carbonyl (C=O) groups is 2. The minimum absolute atomic E-state index is 0.0580. The standard InChI is InChI=1S/C52H95NO5/c1-4-7-10-13-16-19-22-24-25-26-27-28-30-33-36-39-42-45-52(57)58-48(43-40-37-34-31-29-23-20-17-14-11-8-5-2)46-51(56)53-49(47-54)50(55)44-41-38-35-32-21-18-15-12-9-6-3/h16,19,24-25,27-28,33,36,48-50,54-55H,4-15,17-18,20-23,26,29-32,34-35,37-47H2,1-3H3,(H,53,56)/b19-16-,25-24-,28-27-,36-33-. The van der Waals surface area contributed by atoms with Gasteiger partial charge in [-0.25, -0.2) is 0 Å². The Morgan fingerprint density at radius 1 is 0.500 bits per heavy atom. The maximum atomic E-state index is 13.2. The first kappa shape index (κ1) is 55.8. The van der Waals surface area contributed by atoms with Crippen molar-refractivity contribution < 1.29 is 24.5 Å². The highest BCUT2D eigenvalue weighted by molar-refractivity contribution is 5.77. The zero-order valence-electron chi connectivity index (χ0n) is 38.4. The number of ether oxygens (including phenoxy) is 1. The number of aliphatic hydroxyl groups is 2. The molecule has 0 aliphatic heterocycles. The first-order chi connectivity index (χ1) is 28.5. The molecule has 0 aliphatic rings. The van der Waals surface area contributed by atoms with Crippen LogP contribution in [-0.4, -0.2) is 46.9 Å². The van der Waals surface area contributed by atoms with Crippen LogP contribution < -0.4 is 5.32 Å². The highest BCUT2D eigenvalue weighted by Crippen LogP contribution is 2.17. The summed E-state index contributed by atoms with van der Waals surface area (Å²) in [5, 5.41) is 23.7. The van der Waals surface area contributed by atoms with Crippen LogP contribution in [-0.2, 0) is 14.3 Å². The van der Waals surface area contributed by atoms with Crippen molar-refractivity contribution in [2.45, 2.75) is 264 Å². The second-order valence-corrected chi connectivity index (χ2v) is 16.9. The lowest BCUT2D eigenvalue weighted by Gasteiger charge is -2.24. The van der Waals surface area contributed by atoms with E-state index in [1.54, 1.807) is 0 Å². The Hall–Kier alpha value is -2.18. The summed E-state index contributed by atoms with van der Waals surface area (Å²) in [5.41, 5.74) is 0. The van der Waals surface area contributed by atoms with Crippen LogP contribution in [0.4, 0.5) is 0 Å². The van der Waals surface area contributed by atoms with Gasteiger partial charge in [0.05, 0.1) is 25.2 Å². The van der Waals surface area contributed by atoms with Crippen molar-refractivity contribution in [2.75, 3.05) is 6.61 Å². The van der Waals surface area contributed by atoms with Crippen molar-refractivity contribution in [2.24, 2.45) is 0 Å². The summed E-state index contributed by atoms with van der Waals surface area (Å²) in [6, 6.07) is -0.709. The van der Waals surface area contributed by atoms with E-state index in [9.17, 15) is 19.8 Å². The van der Waals surface area contributed by atoms with Crippen molar-refractivity contribution in [3.05, 3.63) is 48.6 Å². The van der Waals surface area contributed by atoms with E-state index < -0.39 is 18.2 Å². The van der Waals surface area contributed by atoms with Gasteiger partial charge in [0.1, 0.15) is 6.10 Å². The third-order valence-electron chi connectivity index (χ3n) is 11.2. The smallest absolute Gasteiger partial charge is 0.306 e. The van der Waals surface area contributed by atoms with E-state index in [0.717, 1.165) is 64.2 Å². The van der Waals surface area contributed by atoms with Gasteiger partial charge in [-0.15, -0.1) is 0 Å². The van der Waals surface area contributed by atoms with Crippen molar-refractivity contribution in [1.82, 2.24) is 5.32 Å². The maximum Gasteiger partial charge on any atom is 0.306 e. The van der Waals surface area contributed by atoms with Crippen molar-refractivity contribution in [3.63, 3.8) is 0 Å². The highest BCUT2D eigenvalue weighted by atomic mass is 16.5. The molecule has 338 valence electrons. The molecule has 0 heterocycles. The van der Waals surface area contributed by atoms with Gasteiger partial charge in [-0.3, -0.25) is 9.59 Å². The molecule has 0 radical (unpaired) electrons. The number of allylic oxidation sites excluding steroid dienone is 8. The molecule has 0 rings (SSSR count). The van der Waals surface area contributed by atoms with Crippen LogP contribution in [0.2, 0.25) is 0 Å². The van der Waals surface area contributed by atoms with Crippen LogP contribution >= 0.6 is 0 Å². The van der Waals surface area contributed by atoms with Gasteiger partial charge in [0.25, 0.3) is 0 Å². The third kappa shape index (κ3) is 40.6. The summed E-state index contributed by atoms with van der Waals surface area (Å²) < 4.78 is 5.89. The fourth-order valence-corrected chi connectivity index (χ4v) is 7.36. The summed E-state index contributed by atoms with van der Waals surface area (Å²) in [5.74, 6) is -0.536. The lowest BCUT2D eigenvalue weighted by Crippen LogP contribution is -2.46. The molecule has 3 N–H and O–H groups in total. The molecule has 3 atom stereocenters. The van der Waals surface area contributed by atoms with Gasteiger partial charge < -0.3 is 20.3 Å². The average Bonchev–Trinajstić information content (AvgIpc) is 3.22. The van der Waals surface area contributed by atoms with Crippen LogP contribution in [0.15, 0.2) is 48.6 Å². The summed E-state index contributed by atoms with van der Waals surface area (Å²) in [6.07, 6.45) is 54.6. The highest BCUT2D eigenvalue weighted by Gasteiger charge is 2.24. The number of nitrogens with one attached hydrogen (secondary N) is 1. The molecule has 0 aromatic rings. The Bertz CT molecular complexity index is 1000. The second-order valence-electron chi connectivity index (χ2n) is 16.9. The Balaban J connectivity index is 4.65. The average molecular weight is 814 g/mol. The lowest BCUT2D eigenvalue weighted by atomic mass is 10.0. The molecule has 0 saturated carbocycles. The van der Waals surface area contributed by atoms with Crippen LogP contribution in [0.5, 0.6) is 0 Å². The van der Waals surface area contributed by atoms with E-state index in [4.69, 9.17) is 4.74 Å². The summed E-state index contributed by atoms with van der Waals surface area (Å²) in [4.78, 5) is 26.0. The topological polar surface area (TPSA) is 95.9 Å². The molecule has 0 aromatic carbocycles. The summed E-state index contributed by atoms with van der Waals surface area (Å²) >= 11 is 0. The Kier molecular flexibility index (Phi) is 44.2. The fourth-order valence-electron chi connectivity index (χ4n) is 7.36. The molecule has 6 heteroatoms. The summed E-state index contributed by atoms with van der Waals surface area (Å²) in [7, 11) is 0. The molecule has 58 heavy (non-hydrogen) atoms. The van der Waals surface area contributed by atoms with E-state index >= 15 is 0 Å². The molecule has 0 fully saturated rings. The van der Waals surface area contributed by atoms with E-state index in [-0.39, 0.29) is 24.9 Å². The minimum atomic E-state index is -0.793. The molecule has 3 unspecified atom stereocenters. The third-order valence-corrected chi connectivity index (χ3v) is 11.2. The number of carbonyl (C=O) groups excluding carboxylic acids is 2. The van der Waals surface area contributed by atoms with E-state index in [0.29, 0.717) is 25.7 Å². The Morgan fingerprint density at radius 2 is 0.879 bits per heavy atom. The van der Waals surface area contributed by atoms with Crippen molar-refractivity contribution in [1.29, 1.82) is 0 Å². The number of aliphatic hydroxyl groups excluding tert-OH is 2. The van der Waals surface area contributed by atoms with Crippen LogP contribution in [0.3, 0.4) is 0 Å².